The molecule has 0 unspecified atom stereocenters. The largest absolute Gasteiger partial charge is 0.0642 e. The summed E-state index contributed by atoms with van der Waals surface area (Å²) in [6.45, 7) is 2.16. The second-order valence-corrected chi connectivity index (χ2v) is 5.37. The Morgan fingerprint density at radius 3 is 2.40 bits per heavy atom. The maximum absolute atomic E-state index is 2.28. The Morgan fingerprint density at radius 2 is 1.45 bits per heavy atom. The van der Waals surface area contributed by atoms with Gasteiger partial charge in [0, 0.05) is 6.42 Å². The average Bonchev–Trinajstić information content (AvgIpc) is 2.87. The standard InChI is InChI=1S/C20H15/c1-14-12-16-8-5-11-19(20(16)13-14)18-10-4-7-15-6-2-3-9-17(15)18/h2-13H,1H3. The van der Waals surface area contributed by atoms with E-state index in [-0.39, 0.29) is 0 Å². The van der Waals surface area contributed by atoms with Crippen LogP contribution in [0.5, 0.6) is 0 Å². The lowest BCUT2D eigenvalue weighted by Gasteiger charge is -2.11. The molecule has 0 N–H and O–H groups in total. The van der Waals surface area contributed by atoms with Crippen molar-refractivity contribution in [1.82, 2.24) is 0 Å². The van der Waals surface area contributed by atoms with E-state index in [0.29, 0.717) is 0 Å². The molecular formula is C20H15. The zero-order valence-corrected chi connectivity index (χ0v) is 11.4. The Bertz CT molecular complexity index is 832. The minimum Gasteiger partial charge on any atom is -0.0642 e. The van der Waals surface area contributed by atoms with Gasteiger partial charge in [-0.25, -0.2) is 0 Å². The third-order valence-corrected chi connectivity index (χ3v) is 3.97. The molecule has 1 aliphatic rings. The average molecular weight is 255 g/mol. The molecule has 95 valence electrons. The van der Waals surface area contributed by atoms with Crippen molar-refractivity contribution in [3.8, 4) is 11.1 Å². The van der Waals surface area contributed by atoms with Gasteiger partial charge in [-0.3, -0.25) is 0 Å². The van der Waals surface area contributed by atoms with Crippen LogP contribution < -0.4 is 0 Å². The molecule has 3 aromatic rings. The fraction of sp³-hybridized carbons (Fsp3) is 0.0500. The lowest BCUT2D eigenvalue weighted by atomic mass is 9.93. The summed E-state index contributed by atoms with van der Waals surface area (Å²) in [7, 11) is 0. The summed E-state index contributed by atoms with van der Waals surface area (Å²) in [5, 5.41) is 2.62. The number of hydrogen-bond donors (Lipinski definition) is 0. The van der Waals surface area contributed by atoms with Gasteiger partial charge in [0.25, 0.3) is 0 Å². The quantitative estimate of drug-likeness (QED) is 0.540. The van der Waals surface area contributed by atoms with Crippen molar-refractivity contribution in [2.24, 2.45) is 0 Å². The second-order valence-electron chi connectivity index (χ2n) is 5.37. The molecule has 3 aromatic carbocycles. The van der Waals surface area contributed by atoms with Crippen molar-refractivity contribution in [2.45, 2.75) is 6.92 Å². The van der Waals surface area contributed by atoms with E-state index in [0.717, 1.165) is 0 Å². The van der Waals surface area contributed by atoms with E-state index in [1.165, 1.54) is 38.6 Å². The summed E-state index contributed by atoms with van der Waals surface area (Å²) in [6, 6.07) is 21.7. The van der Waals surface area contributed by atoms with Crippen molar-refractivity contribution in [1.29, 1.82) is 0 Å². The number of benzene rings is 3. The lowest BCUT2D eigenvalue weighted by Crippen LogP contribution is -1.87. The van der Waals surface area contributed by atoms with E-state index >= 15 is 0 Å². The minimum atomic E-state index is 1.30. The molecular weight excluding hydrogens is 240 g/mol. The molecule has 0 heteroatoms. The SMILES string of the molecule is CC1=Cc2c(cccc2-c2cccc3ccccc23)[CH]1. The third-order valence-electron chi connectivity index (χ3n) is 3.97. The Hall–Kier alpha value is -2.34. The summed E-state index contributed by atoms with van der Waals surface area (Å²) >= 11 is 0. The first-order chi connectivity index (χ1) is 9.83. The van der Waals surface area contributed by atoms with Crippen LogP contribution in [0, 0.1) is 6.42 Å². The number of rotatable bonds is 1. The number of hydrogen-bond acceptors (Lipinski definition) is 0. The molecule has 0 fully saturated rings. The Balaban J connectivity index is 2.04. The number of allylic oxidation sites excluding steroid dienone is 1. The molecule has 0 saturated heterocycles. The lowest BCUT2D eigenvalue weighted by molar-refractivity contribution is 1.45. The van der Waals surface area contributed by atoms with Gasteiger partial charge in [0.05, 0.1) is 0 Å². The predicted molar refractivity (Wildman–Crippen MR) is 86.4 cm³/mol. The fourth-order valence-corrected chi connectivity index (χ4v) is 3.08. The molecule has 0 heterocycles. The Labute approximate surface area is 119 Å². The predicted octanol–water partition coefficient (Wildman–Crippen LogP) is 5.48. The topological polar surface area (TPSA) is 0 Å². The molecule has 0 spiro atoms. The maximum Gasteiger partial charge on any atom is 0.0161 e. The van der Waals surface area contributed by atoms with E-state index in [2.05, 4.69) is 80.1 Å². The van der Waals surface area contributed by atoms with Crippen LogP contribution >= 0.6 is 0 Å². The van der Waals surface area contributed by atoms with Crippen LogP contribution in [0.2, 0.25) is 0 Å². The van der Waals surface area contributed by atoms with Gasteiger partial charge in [0.2, 0.25) is 0 Å². The first kappa shape index (κ1) is 11.5. The van der Waals surface area contributed by atoms with Crippen LogP contribution in [0.15, 0.2) is 66.2 Å². The highest BCUT2D eigenvalue weighted by Gasteiger charge is 2.15. The van der Waals surface area contributed by atoms with Crippen molar-refractivity contribution in [3.63, 3.8) is 0 Å². The molecule has 0 nitrogen and oxygen atoms in total. The molecule has 0 atom stereocenters. The van der Waals surface area contributed by atoms with Gasteiger partial charge >= 0.3 is 0 Å². The third kappa shape index (κ3) is 1.69. The summed E-state index contributed by atoms with van der Waals surface area (Å²) < 4.78 is 0. The normalized spacial score (nSPS) is 13.3. The van der Waals surface area contributed by atoms with E-state index < -0.39 is 0 Å². The summed E-state index contributed by atoms with van der Waals surface area (Å²) in [6.07, 6.45) is 4.54. The summed E-state index contributed by atoms with van der Waals surface area (Å²) in [5.74, 6) is 0. The molecule has 0 aliphatic heterocycles. The molecule has 0 amide bonds. The highest BCUT2D eigenvalue weighted by atomic mass is 14.2. The zero-order chi connectivity index (χ0) is 13.5. The van der Waals surface area contributed by atoms with Crippen LogP contribution in [0.25, 0.3) is 28.0 Å². The monoisotopic (exact) mass is 255 g/mol. The van der Waals surface area contributed by atoms with Crippen LogP contribution in [0.4, 0.5) is 0 Å². The summed E-state index contributed by atoms with van der Waals surface area (Å²) in [5.41, 5.74) is 6.65. The van der Waals surface area contributed by atoms with Gasteiger partial charge in [0.1, 0.15) is 0 Å². The zero-order valence-electron chi connectivity index (χ0n) is 11.4. The van der Waals surface area contributed by atoms with E-state index in [4.69, 9.17) is 0 Å². The van der Waals surface area contributed by atoms with E-state index in [1.807, 2.05) is 0 Å². The molecule has 20 heavy (non-hydrogen) atoms. The molecule has 4 rings (SSSR count). The maximum atomic E-state index is 2.28. The van der Waals surface area contributed by atoms with Gasteiger partial charge < -0.3 is 0 Å². The highest BCUT2D eigenvalue weighted by Crippen LogP contribution is 2.37. The molecule has 0 bridgehead atoms. The highest BCUT2D eigenvalue weighted by molar-refractivity contribution is 5.99. The molecule has 1 radical (unpaired) electrons. The first-order valence-corrected chi connectivity index (χ1v) is 6.97. The van der Waals surface area contributed by atoms with Crippen LogP contribution in [0.1, 0.15) is 18.1 Å². The first-order valence-electron chi connectivity index (χ1n) is 6.97. The van der Waals surface area contributed by atoms with Gasteiger partial charge in [-0.05, 0) is 39.9 Å². The van der Waals surface area contributed by atoms with Gasteiger partial charge in [-0.2, -0.15) is 0 Å². The smallest absolute Gasteiger partial charge is 0.0161 e. The second kappa shape index (κ2) is 4.35. The van der Waals surface area contributed by atoms with Crippen LogP contribution in [0.3, 0.4) is 0 Å². The van der Waals surface area contributed by atoms with Crippen molar-refractivity contribution in [2.75, 3.05) is 0 Å². The van der Waals surface area contributed by atoms with Gasteiger partial charge in [0.15, 0.2) is 0 Å². The Kier molecular flexibility index (Phi) is 2.50. The number of fused-ring (bicyclic) bond motifs is 2. The van der Waals surface area contributed by atoms with Gasteiger partial charge in [-0.15, -0.1) is 0 Å². The molecule has 1 aliphatic carbocycles. The molecule has 0 saturated carbocycles. The van der Waals surface area contributed by atoms with Crippen LogP contribution in [-0.2, 0) is 0 Å². The van der Waals surface area contributed by atoms with E-state index in [9.17, 15) is 0 Å². The Morgan fingerprint density at radius 1 is 0.700 bits per heavy atom. The molecule has 0 aromatic heterocycles. The van der Waals surface area contributed by atoms with Crippen LogP contribution in [-0.4, -0.2) is 0 Å². The minimum absolute atomic E-state index is 1.30. The van der Waals surface area contributed by atoms with E-state index in [1.54, 1.807) is 0 Å². The van der Waals surface area contributed by atoms with Gasteiger partial charge in [-0.1, -0.05) is 72.3 Å². The fourth-order valence-electron chi connectivity index (χ4n) is 3.08. The van der Waals surface area contributed by atoms with Crippen molar-refractivity contribution in [3.05, 3.63) is 83.8 Å². The van der Waals surface area contributed by atoms with Crippen molar-refractivity contribution < 1.29 is 0 Å². The summed E-state index contributed by atoms with van der Waals surface area (Å²) in [4.78, 5) is 0. The van der Waals surface area contributed by atoms with Crippen molar-refractivity contribution >= 4 is 16.8 Å².